The van der Waals surface area contributed by atoms with Gasteiger partial charge in [0, 0.05) is 19.0 Å². The number of rotatable bonds is 5. The summed E-state index contributed by atoms with van der Waals surface area (Å²) in [4.78, 5) is 63.1. The molecule has 3 aromatic rings. The second-order valence-electron chi connectivity index (χ2n) is 12.0. The summed E-state index contributed by atoms with van der Waals surface area (Å²) < 4.78 is 11.1. The third-order valence-corrected chi connectivity index (χ3v) is 10.2. The highest BCUT2D eigenvalue weighted by molar-refractivity contribution is 6.28. The molecule has 9 nitrogen and oxygen atoms in total. The van der Waals surface area contributed by atoms with Gasteiger partial charge in [0.05, 0.1) is 60.9 Å². The molecule has 0 N–H and O–H groups in total. The van der Waals surface area contributed by atoms with E-state index in [2.05, 4.69) is 11.0 Å². The standard InChI is InChI=1S/C35H31N3O6/c1-43-24-14-12-21(13-15-24)25-20-35(36-16-18-44-19-17-36)29-27(31(39)37(33(29)41)22-8-4-2-5-9-22)26(25)28-30(35)34(42)38(32(28)40)23-10-6-3-7-11-23/h2-15,20,26-30H,16-19H2,1H3/t26?,27-,28+,29+,30-,35?. The average Bonchev–Trinajstić information content (AvgIpc) is 3.52. The molecule has 6 aliphatic rings. The van der Waals surface area contributed by atoms with Gasteiger partial charge in [-0.1, -0.05) is 54.6 Å². The normalized spacial score (nSPS) is 31.3. The molecule has 2 unspecified atom stereocenters. The summed E-state index contributed by atoms with van der Waals surface area (Å²) in [6.07, 6.45) is 2.06. The van der Waals surface area contributed by atoms with Crippen molar-refractivity contribution >= 4 is 40.6 Å². The zero-order chi connectivity index (χ0) is 30.2. The molecular formula is C35H31N3O6. The lowest BCUT2D eigenvalue weighted by Crippen LogP contribution is -2.71. The van der Waals surface area contributed by atoms with Crippen molar-refractivity contribution in [2.24, 2.45) is 29.6 Å². The van der Waals surface area contributed by atoms with Crippen LogP contribution in [0.3, 0.4) is 0 Å². The number of amides is 4. The molecule has 4 fully saturated rings. The number of carbonyl (C=O) groups is 4. The van der Waals surface area contributed by atoms with Crippen molar-refractivity contribution in [1.29, 1.82) is 0 Å². The molecule has 3 aromatic carbocycles. The number of imide groups is 2. The first-order valence-corrected chi connectivity index (χ1v) is 15.0. The lowest BCUT2D eigenvalue weighted by molar-refractivity contribution is -0.155. The third kappa shape index (κ3) is 3.53. The maximum absolute atomic E-state index is 14.6. The molecule has 0 radical (unpaired) electrons. The number of allylic oxidation sites excluding steroid dienone is 1. The Morgan fingerprint density at radius 2 is 1.16 bits per heavy atom. The zero-order valence-corrected chi connectivity index (χ0v) is 24.2. The predicted molar refractivity (Wildman–Crippen MR) is 161 cm³/mol. The highest BCUT2D eigenvalue weighted by atomic mass is 16.5. The number of para-hydroxylation sites is 2. The number of ether oxygens (including phenoxy) is 2. The molecule has 9 rings (SSSR count). The lowest BCUT2D eigenvalue weighted by Gasteiger charge is -2.60. The smallest absolute Gasteiger partial charge is 0.239 e. The van der Waals surface area contributed by atoms with Crippen molar-refractivity contribution in [1.82, 2.24) is 4.90 Å². The van der Waals surface area contributed by atoms with Gasteiger partial charge in [0.1, 0.15) is 5.75 Å². The van der Waals surface area contributed by atoms with Crippen LogP contribution in [0.5, 0.6) is 5.75 Å². The maximum Gasteiger partial charge on any atom is 0.239 e. The second kappa shape index (κ2) is 9.97. The molecule has 9 heteroatoms. The van der Waals surface area contributed by atoms with Gasteiger partial charge in [0.25, 0.3) is 0 Å². The third-order valence-electron chi connectivity index (χ3n) is 10.2. The van der Waals surface area contributed by atoms with Crippen LogP contribution < -0.4 is 14.5 Å². The topological polar surface area (TPSA) is 96.5 Å². The summed E-state index contributed by atoms with van der Waals surface area (Å²) in [5.74, 6) is -4.62. The van der Waals surface area contributed by atoms with E-state index < -0.39 is 35.1 Å². The Labute approximate surface area is 254 Å². The molecule has 0 aromatic heterocycles. The van der Waals surface area contributed by atoms with E-state index in [1.54, 1.807) is 55.6 Å². The van der Waals surface area contributed by atoms with Gasteiger partial charge in [-0.2, -0.15) is 0 Å². The predicted octanol–water partition coefficient (Wildman–Crippen LogP) is 3.40. The molecule has 44 heavy (non-hydrogen) atoms. The average molecular weight is 590 g/mol. The van der Waals surface area contributed by atoms with Crippen LogP contribution in [0.2, 0.25) is 0 Å². The van der Waals surface area contributed by atoms with Crippen LogP contribution in [0.4, 0.5) is 11.4 Å². The van der Waals surface area contributed by atoms with Gasteiger partial charge in [0.2, 0.25) is 23.6 Å². The summed E-state index contributed by atoms with van der Waals surface area (Å²) in [6, 6.07) is 25.4. The fourth-order valence-electron chi connectivity index (χ4n) is 8.56. The van der Waals surface area contributed by atoms with Crippen molar-refractivity contribution in [3.63, 3.8) is 0 Å². The molecule has 0 spiro atoms. The van der Waals surface area contributed by atoms with E-state index in [0.717, 1.165) is 11.1 Å². The van der Waals surface area contributed by atoms with Crippen molar-refractivity contribution < 1.29 is 28.7 Å². The molecular weight excluding hydrogens is 558 g/mol. The number of morpholine rings is 1. The highest BCUT2D eigenvalue weighted by Crippen LogP contribution is 2.66. The van der Waals surface area contributed by atoms with E-state index in [0.29, 0.717) is 43.4 Å². The summed E-state index contributed by atoms with van der Waals surface area (Å²) in [5, 5.41) is 0. The maximum atomic E-state index is 14.6. The molecule has 6 atom stereocenters. The highest BCUT2D eigenvalue weighted by Gasteiger charge is 2.77. The molecule has 2 bridgehead atoms. The Hall–Kier alpha value is -4.60. The van der Waals surface area contributed by atoms with Gasteiger partial charge in [-0.15, -0.1) is 0 Å². The Balaban J connectivity index is 1.38. The van der Waals surface area contributed by atoms with E-state index in [-0.39, 0.29) is 23.6 Å². The van der Waals surface area contributed by atoms with E-state index in [4.69, 9.17) is 9.47 Å². The number of carbonyl (C=O) groups excluding carboxylic acids is 4. The number of benzene rings is 3. The SMILES string of the molecule is COc1ccc(C2=CC3(N4CCOCC4)[C@@H]4C(=O)N(c5ccccc5)C(=O)[C@@H]4C2[C@@H]2C(=O)N(c4ccccc4)C(=O)[C@@H]23)cc1. The van der Waals surface area contributed by atoms with Gasteiger partial charge in [-0.05, 0) is 47.5 Å². The summed E-state index contributed by atoms with van der Waals surface area (Å²) in [7, 11) is 1.60. The van der Waals surface area contributed by atoms with Gasteiger partial charge in [-0.25, -0.2) is 9.80 Å². The molecule has 1 saturated carbocycles. The zero-order valence-electron chi connectivity index (χ0n) is 24.2. The van der Waals surface area contributed by atoms with Gasteiger partial charge in [0.15, 0.2) is 0 Å². The van der Waals surface area contributed by atoms with Gasteiger partial charge >= 0.3 is 0 Å². The Kier molecular flexibility index (Phi) is 6.11. The fraction of sp³-hybridized carbons (Fsp3) is 0.314. The van der Waals surface area contributed by atoms with E-state index in [1.807, 2.05) is 36.4 Å². The van der Waals surface area contributed by atoms with Crippen LogP contribution in [0.25, 0.3) is 5.57 Å². The second-order valence-corrected chi connectivity index (χ2v) is 12.0. The monoisotopic (exact) mass is 589 g/mol. The van der Waals surface area contributed by atoms with Gasteiger partial charge in [-0.3, -0.25) is 24.1 Å². The number of hydrogen-bond acceptors (Lipinski definition) is 7. The van der Waals surface area contributed by atoms with Crippen molar-refractivity contribution in [3.05, 3.63) is 96.6 Å². The van der Waals surface area contributed by atoms with E-state index in [9.17, 15) is 19.2 Å². The Morgan fingerprint density at radius 3 is 1.64 bits per heavy atom. The van der Waals surface area contributed by atoms with Crippen LogP contribution in [0, 0.1) is 29.6 Å². The van der Waals surface area contributed by atoms with Crippen molar-refractivity contribution in [2.75, 3.05) is 43.2 Å². The molecule has 3 saturated heterocycles. The first-order valence-electron chi connectivity index (χ1n) is 15.0. The molecule has 3 aliphatic heterocycles. The number of anilines is 2. The first-order chi connectivity index (χ1) is 21.5. The molecule has 4 amide bonds. The molecule has 3 heterocycles. The van der Waals surface area contributed by atoms with Crippen molar-refractivity contribution in [3.8, 4) is 5.75 Å². The number of nitrogens with zero attached hydrogens (tertiary/aromatic N) is 3. The van der Waals surface area contributed by atoms with Crippen LogP contribution in [-0.2, 0) is 23.9 Å². The first kappa shape index (κ1) is 27.0. The number of hydrogen-bond donors (Lipinski definition) is 0. The summed E-state index contributed by atoms with van der Waals surface area (Å²) in [6.45, 7) is 1.76. The Morgan fingerprint density at radius 1 is 0.659 bits per heavy atom. The van der Waals surface area contributed by atoms with Crippen LogP contribution in [0.1, 0.15) is 5.56 Å². The number of methoxy groups -OCH3 is 1. The Bertz CT molecular complexity index is 1620. The lowest BCUT2D eigenvalue weighted by atomic mass is 9.47. The van der Waals surface area contributed by atoms with Crippen molar-refractivity contribution in [2.45, 2.75) is 5.54 Å². The van der Waals surface area contributed by atoms with E-state index in [1.165, 1.54) is 9.80 Å². The molecule has 222 valence electrons. The minimum atomic E-state index is -1.21. The fourth-order valence-corrected chi connectivity index (χ4v) is 8.56. The minimum absolute atomic E-state index is 0.329. The summed E-state index contributed by atoms with van der Waals surface area (Å²) >= 11 is 0. The van der Waals surface area contributed by atoms with Crippen LogP contribution >= 0.6 is 0 Å². The molecule has 3 aliphatic carbocycles. The van der Waals surface area contributed by atoms with Crippen LogP contribution in [-0.4, -0.2) is 67.5 Å². The van der Waals surface area contributed by atoms with E-state index >= 15 is 0 Å². The minimum Gasteiger partial charge on any atom is -0.497 e. The largest absolute Gasteiger partial charge is 0.497 e. The van der Waals surface area contributed by atoms with Gasteiger partial charge < -0.3 is 9.47 Å². The summed E-state index contributed by atoms with van der Waals surface area (Å²) in [5.41, 5.74) is 1.42. The quantitative estimate of drug-likeness (QED) is 0.421. The van der Waals surface area contributed by atoms with Crippen LogP contribution in [0.15, 0.2) is 91.0 Å².